The molecule has 1 aliphatic rings. The molecule has 2 nitrogen and oxygen atoms in total. The van der Waals surface area contributed by atoms with Crippen LogP contribution in [0.3, 0.4) is 0 Å². The minimum absolute atomic E-state index is 0.0688. The Morgan fingerprint density at radius 2 is 2.21 bits per heavy atom. The number of aliphatic hydroxyl groups is 1. The summed E-state index contributed by atoms with van der Waals surface area (Å²) >= 11 is 0. The molecule has 0 spiro atoms. The second-order valence-corrected chi connectivity index (χ2v) is 5.32. The van der Waals surface area contributed by atoms with E-state index in [-0.39, 0.29) is 11.5 Å². The maximum Gasteiger partial charge on any atom is 0.416 e. The lowest BCUT2D eigenvalue weighted by Gasteiger charge is -2.38. The van der Waals surface area contributed by atoms with Crippen LogP contribution in [0.2, 0.25) is 0 Å². The standard InChI is InChI=1S/C14H18F3NO/c1-2-10-4-3-6-13(19,8-10)12-9-18-7-5-11(12)14(15,16)17/h5,7,9-10,19H,2-4,6,8H2,1H3. The molecule has 106 valence electrons. The van der Waals surface area contributed by atoms with E-state index in [1.807, 2.05) is 6.92 Å². The van der Waals surface area contributed by atoms with E-state index in [1.54, 1.807) is 0 Å². The van der Waals surface area contributed by atoms with E-state index in [4.69, 9.17) is 0 Å². The van der Waals surface area contributed by atoms with E-state index in [2.05, 4.69) is 4.98 Å². The molecular weight excluding hydrogens is 255 g/mol. The smallest absolute Gasteiger partial charge is 0.385 e. The Morgan fingerprint density at radius 1 is 1.47 bits per heavy atom. The number of nitrogens with zero attached hydrogens (tertiary/aromatic N) is 1. The Hall–Kier alpha value is -1.10. The quantitative estimate of drug-likeness (QED) is 0.886. The van der Waals surface area contributed by atoms with Gasteiger partial charge in [-0.1, -0.05) is 19.8 Å². The van der Waals surface area contributed by atoms with Crippen molar-refractivity contribution in [3.8, 4) is 0 Å². The third-order valence-electron chi connectivity index (χ3n) is 4.03. The molecule has 1 N–H and O–H groups in total. The van der Waals surface area contributed by atoms with Crippen LogP contribution in [0.15, 0.2) is 18.5 Å². The highest BCUT2D eigenvalue weighted by Gasteiger charge is 2.43. The Labute approximate surface area is 110 Å². The molecule has 5 heteroatoms. The van der Waals surface area contributed by atoms with Gasteiger partial charge in [-0.3, -0.25) is 4.98 Å². The van der Waals surface area contributed by atoms with Crippen molar-refractivity contribution in [2.45, 2.75) is 50.8 Å². The summed E-state index contributed by atoms with van der Waals surface area (Å²) in [5.74, 6) is 0.278. The fourth-order valence-electron chi connectivity index (χ4n) is 2.97. The first-order valence-corrected chi connectivity index (χ1v) is 6.61. The molecule has 1 aromatic rings. The second kappa shape index (κ2) is 5.12. The van der Waals surface area contributed by atoms with E-state index in [1.165, 1.54) is 6.20 Å². The zero-order chi connectivity index (χ0) is 14.1. The number of hydrogen-bond acceptors (Lipinski definition) is 2. The number of halogens is 3. The Bertz CT molecular complexity index is 447. The molecule has 0 bridgehead atoms. The van der Waals surface area contributed by atoms with Crippen LogP contribution in [0, 0.1) is 5.92 Å². The van der Waals surface area contributed by atoms with Crippen LogP contribution in [0.25, 0.3) is 0 Å². The van der Waals surface area contributed by atoms with E-state index < -0.39 is 17.3 Å². The van der Waals surface area contributed by atoms with Crippen LogP contribution in [0.1, 0.15) is 50.2 Å². The van der Waals surface area contributed by atoms with Gasteiger partial charge in [0, 0.05) is 18.0 Å². The molecule has 19 heavy (non-hydrogen) atoms. The first-order valence-electron chi connectivity index (χ1n) is 6.61. The molecule has 1 aromatic heterocycles. The van der Waals surface area contributed by atoms with Crippen molar-refractivity contribution in [3.63, 3.8) is 0 Å². The van der Waals surface area contributed by atoms with E-state index in [9.17, 15) is 18.3 Å². The summed E-state index contributed by atoms with van der Waals surface area (Å²) in [7, 11) is 0. The minimum Gasteiger partial charge on any atom is -0.385 e. The summed E-state index contributed by atoms with van der Waals surface area (Å²) in [5, 5.41) is 10.6. The average Bonchev–Trinajstić information content (AvgIpc) is 2.38. The van der Waals surface area contributed by atoms with E-state index in [0.29, 0.717) is 12.8 Å². The number of aromatic nitrogens is 1. The van der Waals surface area contributed by atoms with Crippen LogP contribution < -0.4 is 0 Å². The summed E-state index contributed by atoms with van der Waals surface area (Å²) in [5.41, 5.74) is -2.22. The van der Waals surface area contributed by atoms with Crippen molar-refractivity contribution in [2.75, 3.05) is 0 Å². The van der Waals surface area contributed by atoms with Gasteiger partial charge in [0.05, 0.1) is 11.2 Å². The molecule has 1 heterocycles. The highest BCUT2D eigenvalue weighted by atomic mass is 19.4. The Morgan fingerprint density at radius 3 is 2.84 bits per heavy atom. The van der Waals surface area contributed by atoms with Crippen molar-refractivity contribution >= 4 is 0 Å². The van der Waals surface area contributed by atoms with Gasteiger partial charge in [0.15, 0.2) is 0 Å². The topological polar surface area (TPSA) is 33.1 Å². The lowest BCUT2D eigenvalue weighted by atomic mass is 9.73. The maximum absolute atomic E-state index is 13.0. The highest BCUT2D eigenvalue weighted by molar-refractivity contribution is 5.32. The minimum atomic E-state index is -4.45. The largest absolute Gasteiger partial charge is 0.416 e. The predicted octanol–water partition coefficient (Wildman–Crippen LogP) is 3.89. The first kappa shape index (κ1) is 14.3. The van der Waals surface area contributed by atoms with Crippen molar-refractivity contribution < 1.29 is 18.3 Å². The van der Waals surface area contributed by atoms with Gasteiger partial charge >= 0.3 is 6.18 Å². The van der Waals surface area contributed by atoms with Gasteiger partial charge in [0.25, 0.3) is 0 Å². The lowest BCUT2D eigenvalue weighted by Crippen LogP contribution is -2.34. The summed E-state index contributed by atoms with van der Waals surface area (Å²) in [4.78, 5) is 3.77. The molecule has 1 saturated carbocycles. The Balaban J connectivity index is 2.40. The zero-order valence-electron chi connectivity index (χ0n) is 10.9. The number of hydrogen-bond donors (Lipinski definition) is 1. The fraction of sp³-hybridized carbons (Fsp3) is 0.643. The highest BCUT2D eigenvalue weighted by Crippen LogP contribution is 2.45. The molecule has 0 saturated heterocycles. The predicted molar refractivity (Wildman–Crippen MR) is 65.4 cm³/mol. The van der Waals surface area contributed by atoms with Crippen LogP contribution >= 0.6 is 0 Å². The van der Waals surface area contributed by atoms with Crippen LogP contribution in [-0.4, -0.2) is 10.1 Å². The maximum atomic E-state index is 13.0. The van der Waals surface area contributed by atoms with Crippen LogP contribution in [-0.2, 0) is 11.8 Å². The third kappa shape index (κ3) is 2.91. The number of alkyl halides is 3. The molecule has 0 amide bonds. The summed E-state index contributed by atoms with van der Waals surface area (Å²) in [6, 6.07) is 0.947. The van der Waals surface area contributed by atoms with Crippen LogP contribution in [0.5, 0.6) is 0 Å². The van der Waals surface area contributed by atoms with Gasteiger partial charge in [-0.15, -0.1) is 0 Å². The SMILES string of the molecule is CCC1CCCC(O)(c2cnccc2C(F)(F)F)C1. The summed E-state index contributed by atoms with van der Waals surface area (Å²) < 4.78 is 39.0. The molecule has 1 aliphatic carbocycles. The molecule has 0 radical (unpaired) electrons. The molecule has 2 unspecified atom stereocenters. The lowest BCUT2D eigenvalue weighted by molar-refractivity contribution is -0.142. The monoisotopic (exact) mass is 273 g/mol. The molecular formula is C14H18F3NO. The molecule has 0 aliphatic heterocycles. The van der Waals surface area contributed by atoms with Crippen molar-refractivity contribution in [3.05, 3.63) is 29.6 Å². The third-order valence-corrected chi connectivity index (χ3v) is 4.03. The number of pyridine rings is 1. The zero-order valence-corrected chi connectivity index (χ0v) is 10.9. The van der Waals surface area contributed by atoms with Crippen molar-refractivity contribution in [1.82, 2.24) is 4.98 Å². The van der Waals surface area contributed by atoms with Gasteiger partial charge in [-0.05, 0) is 31.2 Å². The second-order valence-electron chi connectivity index (χ2n) is 5.32. The molecule has 0 aromatic carbocycles. The first-order chi connectivity index (χ1) is 8.87. The summed E-state index contributed by atoms with van der Waals surface area (Å²) in [6.07, 6.45) is 1.20. The van der Waals surface area contributed by atoms with E-state index in [0.717, 1.165) is 31.5 Å². The van der Waals surface area contributed by atoms with Gasteiger partial charge in [0.1, 0.15) is 0 Å². The fourth-order valence-corrected chi connectivity index (χ4v) is 2.97. The molecule has 1 fully saturated rings. The van der Waals surface area contributed by atoms with Crippen molar-refractivity contribution in [1.29, 1.82) is 0 Å². The van der Waals surface area contributed by atoms with Gasteiger partial charge < -0.3 is 5.11 Å². The molecule has 2 rings (SSSR count). The Kier molecular flexibility index (Phi) is 3.85. The van der Waals surface area contributed by atoms with Crippen molar-refractivity contribution in [2.24, 2.45) is 5.92 Å². The summed E-state index contributed by atoms with van der Waals surface area (Å²) in [6.45, 7) is 2.00. The van der Waals surface area contributed by atoms with Gasteiger partial charge in [0.2, 0.25) is 0 Å². The van der Waals surface area contributed by atoms with Crippen LogP contribution in [0.4, 0.5) is 13.2 Å². The van der Waals surface area contributed by atoms with Gasteiger partial charge in [-0.25, -0.2) is 0 Å². The molecule has 2 atom stereocenters. The van der Waals surface area contributed by atoms with Gasteiger partial charge in [-0.2, -0.15) is 13.2 Å². The average molecular weight is 273 g/mol. The normalized spacial score (nSPS) is 28.4. The van der Waals surface area contributed by atoms with E-state index >= 15 is 0 Å². The number of rotatable bonds is 2.